The smallest absolute Gasteiger partial charge is 0.339 e. The third-order valence-corrected chi connectivity index (χ3v) is 2.73. The van der Waals surface area contributed by atoms with E-state index in [0.717, 1.165) is 24.6 Å². The van der Waals surface area contributed by atoms with Crippen LogP contribution in [0.1, 0.15) is 41.1 Å². The van der Waals surface area contributed by atoms with E-state index in [1.807, 2.05) is 0 Å². The van der Waals surface area contributed by atoms with Crippen LogP contribution in [0.25, 0.3) is 0 Å². The van der Waals surface area contributed by atoms with Gasteiger partial charge in [-0.15, -0.1) is 0 Å². The quantitative estimate of drug-likeness (QED) is 0.816. The molecule has 80 valence electrons. The van der Waals surface area contributed by atoms with Gasteiger partial charge in [-0.2, -0.15) is 0 Å². The van der Waals surface area contributed by atoms with E-state index in [0.29, 0.717) is 5.69 Å². The molecule has 0 aliphatic heterocycles. The first-order valence-corrected chi connectivity index (χ1v) is 5.22. The third-order valence-electron chi connectivity index (χ3n) is 2.73. The van der Waals surface area contributed by atoms with Crippen LogP contribution in [0.5, 0.6) is 0 Å². The maximum atomic E-state index is 10.7. The normalized spacial score (nSPS) is 15.3. The summed E-state index contributed by atoms with van der Waals surface area (Å²) < 4.78 is 0. The van der Waals surface area contributed by atoms with Gasteiger partial charge in [0.2, 0.25) is 0 Å². The van der Waals surface area contributed by atoms with Crippen molar-refractivity contribution in [2.24, 2.45) is 5.92 Å². The van der Waals surface area contributed by atoms with E-state index in [-0.39, 0.29) is 5.56 Å². The van der Waals surface area contributed by atoms with Crippen molar-refractivity contribution < 1.29 is 9.90 Å². The molecule has 2 rings (SSSR count). The summed E-state index contributed by atoms with van der Waals surface area (Å²) in [5.41, 5.74) is 0.758. The van der Waals surface area contributed by atoms with Gasteiger partial charge in [-0.3, -0.25) is 0 Å². The van der Waals surface area contributed by atoms with Crippen LogP contribution in [0.2, 0.25) is 0 Å². The van der Waals surface area contributed by atoms with Gasteiger partial charge in [0.25, 0.3) is 0 Å². The Morgan fingerprint density at radius 3 is 2.87 bits per heavy atom. The molecule has 0 radical (unpaired) electrons. The number of carboxylic acid groups (broad SMARTS) is 1. The molecule has 0 spiro atoms. The van der Waals surface area contributed by atoms with Gasteiger partial charge in [-0.25, -0.2) is 14.8 Å². The summed E-state index contributed by atoms with van der Waals surface area (Å²) in [6.45, 7) is 1.71. The maximum Gasteiger partial charge on any atom is 0.339 e. The number of hydrogen-bond acceptors (Lipinski definition) is 3. The van der Waals surface area contributed by atoms with E-state index >= 15 is 0 Å². The molecule has 0 atom stereocenters. The van der Waals surface area contributed by atoms with E-state index in [1.165, 1.54) is 19.0 Å². The standard InChI is InChI=1S/C11H14N2O2/c1-7-9(11(14)15)6-12-10(13-7)5-4-8-2-3-8/h6,8H,2-5H2,1H3,(H,14,15). The second-order valence-electron chi connectivity index (χ2n) is 4.07. The maximum absolute atomic E-state index is 10.7. The SMILES string of the molecule is Cc1nc(CCC2CC2)ncc1C(=O)O. The van der Waals surface area contributed by atoms with Gasteiger partial charge < -0.3 is 5.11 Å². The molecule has 1 fully saturated rings. The average molecular weight is 206 g/mol. The number of aromatic carboxylic acids is 1. The molecule has 1 heterocycles. The van der Waals surface area contributed by atoms with Crippen LogP contribution in [-0.4, -0.2) is 21.0 Å². The Morgan fingerprint density at radius 2 is 2.33 bits per heavy atom. The highest BCUT2D eigenvalue weighted by Gasteiger charge is 2.21. The van der Waals surface area contributed by atoms with Crippen molar-refractivity contribution in [2.75, 3.05) is 0 Å². The first kappa shape index (κ1) is 10.1. The van der Waals surface area contributed by atoms with Crippen LogP contribution >= 0.6 is 0 Å². The Labute approximate surface area is 88.4 Å². The molecule has 0 bridgehead atoms. The van der Waals surface area contributed by atoms with Gasteiger partial charge in [0, 0.05) is 12.6 Å². The number of rotatable bonds is 4. The molecule has 1 aliphatic rings. The molecule has 15 heavy (non-hydrogen) atoms. The van der Waals surface area contributed by atoms with Crippen LogP contribution in [0.3, 0.4) is 0 Å². The molecule has 0 unspecified atom stereocenters. The zero-order valence-corrected chi connectivity index (χ0v) is 8.73. The number of nitrogens with zero attached hydrogens (tertiary/aromatic N) is 2. The molecular weight excluding hydrogens is 192 g/mol. The van der Waals surface area contributed by atoms with Crippen molar-refractivity contribution in [1.29, 1.82) is 0 Å². The number of carboxylic acids is 1. The number of hydrogen-bond donors (Lipinski definition) is 1. The molecule has 4 nitrogen and oxygen atoms in total. The highest BCUT2D eigenvalue weighted by atomic mass is 16.4. The van der Waals surface area contributed by atoms with E-state index in [4.69, 9.17) is 5.11 Å². The summed E-state index contributed by atoms with van der Waals surface area (Å²) in [6, 6.07) is 0. The summed E-state index contributed by atoms with van der Waals surface area (Å²) >= 11 is 0. The summed E-state index contributed by atoms with van der Waals surface area (Å²) in [5, 5.41) is 8.80. The summed E-state index contributed by atoms with van der Waals surface area (Å²) in [4.78, 5) is 19.0. The topological polar surface area (TPSA) is 63.1 Å². The third kappa shape index (κ3) is 2.52. The van der Waals surface area contributed by atoms with Crippen molar-refractivity contribution in [3.8, 4) is 0 Å². The lowest BCUT2D eigenvalue weighted by Gasteiger charge is -2.02. The molecule has 1 N–H and O–H groups in total. The number of carbonyl (C=O) groups is 1. The molecule has 1 aromatic rings. The highest BCUT2D eigenvalue weighted by Crippen LogP contribution is 2.33. The predicted octanol–water partition coefficient (Wildman–Crippen LogP) is 1.83. The zero-order chi connectivity index (χ0) is 10.8. The van der Waals surface area contributed by atoms with E-state index in [2.05, 4.69) is 9.97 Å². The molecule has 0 amide bonds. The monoisotopic (exact) mass is 206 g/mol. The summed E-state index contributed by atoms with van der Waals surface area (Å²) in [5.74, 6) is 0.665. The molecule has 1 aromatic heterocycles. The van der Waals surface area contributed by atoms with Crippen LogP contribution in [0, 0.1) is 12.8 Å². The Hall–Kier alpha value is -1.45. The predicted molar refractivity (Wildman–Crippen MR) is 54.8 cm³/mol. The van der Waals surface area contributed by atoms with E-state index in [1.54, 1.807) is 6.92 Å². The number of aromatic nitrogens is 2. The van der Waals surface area contributed by atoms with Gasteiger partial charge in [0.05, 0.1) is 11.3 Å². The van der Waals surface area contributed by atoms with E-state index in [9.17, 15) is 4.79 Å². The minimum absolute atomic E-state index is 0.199. The summed E-state index contributed by atoms with van der Waals surface area (Å²) in [7, 11) is 0. The lowest BCUT2D eigenvalue weighted by atomic mass is 10.2. The molecule has 0 aromatic carbocycles. The minimum Gasteiger partial charge on any atom is -0.478 e. The Kier molecular flexibility index (Phi) is 2.66. The zero-order valence-electron chi connectivity index (χ0n) is 8.73. The van der Waals surface area contributed by atoms with Crippen LogP contribution in [-0.2, 0) is 6.42 Å². The lowest BCUT2D eigenvalue weighted by molar-refractivity contribution is 0.0695. The van der Waals surface area contributed by atoms with Gasteiger partial charge in [-0.1, -0.05) is 12.8 Å². The first-order valence-electron chi connectivity index (χ1n) is 5.22. The molecule has 1 saturated carbocycles. The second-order valence-corrected chi connectivity index (χ2v) is 4.07. The molecule has 4 heteroatoms. The average Bonchev–Trinajstić information content (AvgIpc) is 2.97. The molecular formula is C11H14N2O2. The lowest BCUT2D eigenvalue weighted by Crippen LogP contribution is -2.06. The fraction of sp³-hybridized carbons (Fsp3) is 0.545. The van der Waals surface area contributed by atoms with Crippen molar-refractivity contribution >= 4 is 5.97 Å². The fourth-order valence-corrected chi connectivity index (χ4v) is 1.59. The van der Waals surface area contributed by atoms with Crippen molar-refractivity contribution in [1.82, 2.24) is 9.97 Å². The van der Waals surface area contributed by atoms with E-state index < -0.39 is 5.97 Å². The van der Waals surface area contributed by atoms with Crippen molar-refractivity contribution in [2.45, 2.75) is 32.6 Å². The molecule has 1 aliphatic carbocycles. The second kappa shape index (κ2) is 3.96. The minimum atomic E-state index is -0.957. The Morgan fingerprint density at radius 1 is 1.60 bits per heavy atom. The van der Waals surface area contributed by atoms with Crippen LogP contribution in [0.4, 0.5) is 0 Å². The summed E-state index contributed by atoms with van der Waals surface area (Å²) in [6.07, 6.45) is 6.06. The fourth-order valence-electron chi connectivity index (χ4n) is 1.59. The highest BCUT2D eigenvalue weighted by molar-refractivity contribution is 5.88. The van der Waals surface area contributed by atoms with Gasteiger partial charge in [0.1, 0.15) is 5.82 Å². The molecule has 0 saturated heterocycles. The van der Waals surface area contributed by atoms with Crippen LogP contribution in [0.15, 0.2) is 6.20 Å². The Bertz CT molecular complexity index is 386. The van der Waals surface area contributed by atoms with Crippen molar-refractivity contribution in [3.63, 3.8) is 0 Å². The Balaban J connectivity index is 2.06. The van der Waals surface area contributed by atoms with Crippen LogP contribution < -0.4 is 0 Å². The van der Waals surface area contributed by atoms with Gasteiger partial charge in [-0.05, 0) is 19.3 Å². The largest absolute Gasteiger partial charge is 0.478 e. The van der Waals surface area contributed by atoms with Gasteiger partial charge >= 0.3 is 5.97 Å². The number of aryl methyl sites for hydroxylation is 2. The first-order chi connectivity index (χ1) is 7.16. The van der Waals surface area contributed by atoms with Crippen molar-refractivity contribution in [3.05, 3.63) is 23.3 Å². The van der Waals surface area contributed by atoms with Gasteiger partial charge in [0.15, 0.2) is 0 Å².